The van der Waals surface area contributed by atoms with Gasteiger partial charge in [0.2, 0.25) is 0 Å². The number of non-ortho nitro benzene ring substituents is 2. The molecule has 0 fully saturated rings. The second-order valence-corrected chi connectivity index (χ2v) is 5.16. The number of aldehydes is 1. The third kappa shape index (κ3) is 2.98. The van der Waals surface area contributed by atoms with Gasteiger partial charge in [-0.05, 0) is 12.1 Å². The van der Waals surface area contributed by atoms with Crippen LogP contribution in [0.3, 0.4) is 0 Å². The van der Waals surface area contributed by atoms with E-state index in [1.807, 2.05) is 12.1 Å². The van der Waals surface area contributed by atoms with E-state index in [4.69, 9.17) is 0 Å². The Bertz CT molecular complexity index is 1130. The number of carbonyl (C=O) groups excluding carboxylic acids is 1. The zero-order chi connectivity index (χ0) is 18.7. The highest BCUT2D eigenvalue weighted by atomic mass is 16.6. The Balaban J connectivity index is 0.000000152. The van der Waals surface area contributed by atoms with E-state index in [-0.39, 0.29) is 22.6 Å². The molecule has 2 heterocycles. The summed E-state index contributed by atoms with van der Waals surface area (Å²) in [5.74, 6) is 0. The number of nitro groups is 2. The zero-order valence-corrected chi connectivity index (χ0v) is 13.1. The first-order valence-electron chi connectivity index (χ1n) is 7.30. The number of hydrogen-bond acceptors (Lipinski definition) is 6. The topological polar surface area (TPSA) is 148 Å². The van der Waals surface area contributed by atoms with Gasteiger partial charge in [0.25, 0.3) is 11.4 Å². The van der Waals surface area contributed by atoms with Crippen LogP contribution in [0.5, 0.6) is 0 Å². The smallest absolute Gasteiger partial charge is 0.297 e. The number of para-hydroxylation sites is 2. The molecule has 0 atom stereocenters. The van der Waals surface area contributed by atoms with Crippen molar-refractivity contribution in [3.05, 3.63) is 74.6 Å². The van der Waals surface area contributed by atoms with Gasteiger partial charge in [-0.3, -0.25) is 30.1 Å². The second-order valence-electron chi connectivity index (χ2n) is 5.16. The van der Waals surface area contributed by atoms with Gasteiger partial charge >= 0.3 is 0 Å². The number of rotatable bonds is 3. The molecular formula is C16H11N5O5. The van der Waals surface area contributed by atoms with Gasteiger partial charge in [-0.25, -0.2) is 0 Å². The van der Waals surface area contributed by atoms with E-state index < -0.39 is 9.85 Å². The van der Waals surface area contributed by atoms with Gasteiger partial charge < -0.3 is 4.98 Å². The highest BCUT2D eigenvalue weighted by Gasteiger charge is 2.15. The van der Waals surface area contributed by atoms with Gasteiger partial charge in [-0.1, -0.05) is 18.2 Å². The monoisotopic (exact) mass is 353 g/mol. The summed E-state index contributed by atoms with van der Waals surface area (Å²) in [6, 6.07) is 11.3. The number of aromatic amines is 2. The number of fused-ring (bicyclic) bond motifs is 2. The number of H-pyrrole nitrogens is 2. The van der Waals surface area contributed by atoms with Crippen LogP contribution in [0.1, 0.15) is 10.5 Å². The molecule has 0 amide bonds. The van der Waals surface area contributed by atoms with E-state index >= 15 is 0 Å². The molecule has 0 aliphatic heterocycles. The first kappa shape index (κ1) is 16.8. The summed E-state index contributed by atoms with van der Waals surface area (Å²) in [6.07, 6.45) is 2.27. The van der Waals surface area contributed by atoms with Crippen LogP contribution in [-0.2, 0) is 0 Å². The number of nitrogens with zero attached hydrogens (tertiary/aromatic N) is 3. The van der Waals surface area contributed by atoms with Crippen LogP contribution in [0.2, 0.25) is 0 Å². The average molecular weight is 353 g/mol. The molecule has 4 rings (SSSR count). The lowest BCUT2D eigenvalue weighted by molar-refractivity contribution is -0.383. The van der Waals surface area contributed by atoms with Crippen LogP contribution < -0.4 is 0 Å². The summed E-state index contributed by atoms with van der Waals surface area (Å²) in [5.41, 5.74) is 1.06. The largest absolute Gasteiger partial charge is 0.356 e. The molecule has 26 heavy (non-hydrogen) atoms. The van der Waals surface area contributed by atoms with Crippen molar-refractivity contribution in [3.8, 4) is 0 Å². The molecule has 10 nitrogen and oxygen atoms in total. The van der Waals surface area contributed by atoms with Crippen molar-refractivity contribution in [2.24, 2.45) is 0 Å². The van der Waals surface area contributed by atoms with Gasteiger partial charge in [-0.15, -0.1) is 0 Å². The summed E-state index contributed by atoms with van der Waals surface area (Å²) >= 11 is 0. The van der Waals surface area contributed by atoms with Crippen LogP contribution in [-0.4, -0.2) is 31.3 Å². The van der Waals surface area contributed by atoms with Crippen LogP contribution in [0, 0.1) is 20.2 Å². The molecule has 0 saturated heterocycles. The lowest BCUT2D eigenvalue weighted by atomic mass is 10.2. The van der Waals surface area contributed by atoms with E-state index in [1.165, 1.54) is 18.2 Å². The molecule has 130 valence electrons. The van der Waals surface area contributed by atoms with Gasteiger partial charge in [0, 0.05) is 29.1 Å². The van der Waals surface area contributed by atoms with Crippen molar-refractivity contribution in [2.75, 3.05) is 0 Å². The lowest BCUT2D eigenvalue weighted by Crippen LogP contribution is -1.88. The Morgan fingerprint density at radius 1 is 0.962 bits per heavy atom. The number of aromatic nitrogens is 3. The quantitative estimate of drug-likeness (QED) is 0.328. The third-order valence-corrected chi connectivity index (χ3v) is 3.67. The first-order valence-corrected chi connectivity index (χ1v) is 7.30. The van der Waals surface area contributed by atoms with Gasteiger partial charge in [0.05, 0.1) is 9.85 Å². The Morgan fingerprint density at radius 3 is 2.35 bits per heavy atom. The second kappa shape index (κ2) is 6.81. The maximum absolute atomic E-state index is 10.6. The van der Waals surface area contributed by atoms with Crippen LogP contribution >= 0.6 is 0 Å². The molecule has 2 aromatic carbocycles. The molecule has 0 bridgehead atoms. The zero-order valence-electron chi connectivity index (χ0n) is 13.1. The molecule has 0 unspecified atom stereocenters. The molecule has 2 N–H and O–H groups in total. The Morgan fingerprint density at radius 2 is 1.65 bits per heavy atom. The lowest BCUT2D eigenvalue weighted by Gasteiger charge is -1.91. The third-order valence-electron chi connectivity index (χ3n) is 3.67. The van der Waals surface area contributed by atoms with E-state index in [0.717, 1.165) is 5.39 Å². The standard InChI is InChI=1S/C8H5N3O3.C8H6N2O2/c12-4-6-5-2-1-3-7(11(13)14)8(5)10-9-6;11-10(12)7-3-1-2-6-4-5-9-8(6)7/h1-4H,(H,9,10);1-5,9H. The molecule has 0 radical (unpaired) electrons. The van der Waals surface area contributed by atoms with Crippen molar-refractivity contribution in [3.63, 3.8) is 0 Å². The fraction of sp³-hybridized carbons (Fsp3) is 0. The summed E-state index contributed by atoms with van der Waals surface area (Å²) in [4.78, 5) is 33.5. The summed E-state index contributed by atoms with van der Waals surface area (Å²) in [5, 5.41) is 28.6. The first-order chi connectivity index (χ1) is 12.5. The highest BCUT2D eigenvalue weighted by molar-refractivity contribution is 5.98. The van der Waals surface area contributed by atoms with E-state index in [0.29, 0.717) is 17.2 Å². The number of nitro benzene ring substituents is 2. The molecule has 0 spiro atoms. The SMILES string of the molecule is O=Cc1[nH]nc2c([N+](=O)[O-])cccc12.O=[N+]([O-])c1cccc2cc[nH]c12. The molecule has 0 aliphatic carbocycles. The molecule has 10 heteroatoms. The minimum atomic E-state index is -0.530. The van der Waals surface area contributed by atoms with Crippen molar-refractivity contribution >= 4 is 39.5 Å². The molecular weight excluding hydrogens is 342 g/mol. The number of carbonyl (C=O) groups is 1. The van der Waals surface area contributed by atoms with Crippen molar-refractivity contribution < 1.29 is 14.6 Å². The number of nitrogens with one attached hydrogen (secondary N) is 2. The van der Waals surface area contributed by atoms with Gasteiger partial charge in [0.15, 0.2) is 11.8 Å². The van der Waals surface area contributed by atoms with Crippen molar-refractivity contribution in [1.82, 2.24) is 15.2 Å². The minimum Gasteiger partial charge on any atom is -0.356 e. The predicted octanol–water partition coefficient (Wildman–Crippen LogP) is 3.36. The minimum absolute atomic E-state index is 0.105. The fourth-order valence-electron chi connectivity index (χ4n) is 2.50. The average Bonchev–Trinajstić information content (AvgIpc) is 3.27. The molecule has 0 aliphatic rings. The van der Waals surface area contributed by atoms with Gasteiger partial charge in [-0.2, -0.15) is 5.10 Å². The molecule has 0 saturated carbocycles. The fourth-order valence-corrected chi connectivity index (χ4v) is 2.50. The van der Waals surface area contributed by atoms with Crippen LogP contribution in [0.15, 0.2) is 48.7 Å². The van der Waals surface area contributed by atoms with E-state index in [9.17, 15) is 25.0 Å². The summed E-state index contributed by atoms with van der Waals surface area (Å²) in [7, 11) is 0. The number of hydrogen-bond donors (Lipinski definition) is 2. The predicted molar refractivity (Wildman–Crippen MR) is 93.1 cm³/mol. The molecule has 4 aromatic rings. The Hall–Kier alpha value is -4.08. The van der Waals surface area contributed by atoms with E-state index in [1.54, 1.807) is 18.3 Å². The Kier molecular flexibility index (Phi) is 4.39. The van der Waals surface area contributed by atoms with Crippen molar-refractivity contribution in [1.29, 1.82) is 0 Å². The normalized spacial score (nSPS) is 10.3. The highest BCUT2D eigenvalue weighted by Crippen LogP contribution is 2.24. The molecule has 2 aromatic heterocycles. The maximum Gasteiger partial charge on any atom is 0.297 e. The van der Waals surface area contributed by atoms with E-state index in [2.05, 4.69) is 15.2 Å². The van der Waals surface area contributed by atoms with Crippen LogP contribution in [0.25, 0.3) is 21.8 Å². The maximum atomic E-state index is 10.6. The summed E-state index contributed by atoms with van der Waals surface area (Å²) in [6.45, 7) is 0. The van der Waals surface area contributed by atoms with Crippen LogP contribution in [0.4, 0.5) is 11.4 Å². The number of benzene rings is 2. The van der Waals surface area contributed by atoms with Crippen molar-refractivity contribution in [2.45, 2.75) is 0 Å². The van der Waals surface area contributed by atoms with Gasteiger partial charge in [0.1, 0.15) is 11.2 Å². The summed E-state index contributed by atoms with van der Waals surface area (Å²) < 4.78 is 0. The Labute approximate surface area is 144 Å².